The van der Waals surface area contributed by atoms with Crippen LogP contribution in [0.4, 0.5) is 18.0 Å². The summed E-state index contributed by atoms with van der Waals surface area (Å²) in [5, 5.41) is 12.1. The van der Waals surface area contributed by atoms with E-state index < -0.39 is 37.2 Å². The lowest BCUT2D eigenvalue weighted by molar-refractivity contribution is -0.125. The largest absolute Gasteiger partial charge is 0.508 e. The molecule has 7 nitrogen and oxygen atoms in total. The second-order valence-corrected chi connectivity index (χ2v) is 3.97. The highest BCUT2D eigenvalue weighted by Crippen LogP contribution is 2.12. The third-order valence-corrected chi connectivity index (χ3v) is 2.12. The molecule has 0 spiro atoms. The molecule has 1 rings (SSSR count). The third-order valence-electron chi connectivity index (χ3n) is 2.12. The molecule has 0 atom stereocenters. The Morgan fingerprint density at radius 2 is 1.91 bits per heavy atom. The van der Waals surface area contributed by atoms with Crippen molar-refractivity contribution in [3.8, 4) is 5.75 Å². The Hall–Kier alpha value is -2.78. The fourth-order valence-electron chi connectivity index (χ4n) is 1.23. The molecule has 0 aliphatic carbocycles. The van der Waals surface area contributed by atoms with Gasteiger partial charge in [-0.2, -0.15) is 13.2 Å². The van der Waals surface area contributed by atoms with Gasteiger partial charge in [0.15, 0.2) is 6.61 Å². The Labute approximate surface area is 122 Å². The van der Waals surface area contributed by atoms with Crippen molar-refractivity contribution in [3.63, 3.8) is 0 Å². The topological polar surface area (TPSA) is 105 Å². The summed E-state index contributed by atoms with van der Waals surface area (Å²) in [6.45, 7) is -2.47. The molecule has 0 aliphatic heterocycles. The second kappa shape index (κ2) is 7.29. The van der Waals surface area contributed by atoms with Crippen molar-refractivity contribution < 1.29 is 37.4 Å². The molecule has 120 valence electrons. The Morgan fingerprint density at radius 3 is 2.50 bits per heavy atom. The number of carbonyl (C=O) groups excluding carboxylic acids is 3. The summed E-state index contributed by atoms with van der Waals surface area (Å²) in [5.41, 5.74) is -0.0330. The van der Waals surface area contributed by atoms with Gasteiger partial charge in [0.25, 0.3) is 5.91 Å². The highest BCUT2D eigenvalue weighted by molar-refractivity contribution is 5.97. The number of benzene rings is 1. The van der Waals surface area contributed by atoms with Crippen LogP contribution in [0.25, 0.3) is 0 Å². The molecular weight excluding hydrogens is 309 g/mol. The molecule has 0 saturated carbocycles. The number of imide groups is 1. The zero-order valence-electron chi connectivity index (χ0n) is 10.9. The van der Waals surface area contributed by atoms with Crippen LogP contribution in [-0.4, -0.2) is 42.3 Å². The fourth-order valence-corrected chi connectivity index (χ4v) is 1.23. The first-order valence-electron chi connectivity index (χ1n) is 5.78. The molecule has 0 fully saturated rings. The molecule has 3 amide bonds. The third kappa shape index (κ3) is 6.59. The predicted octanol–water partition coefficient (Wildman–Crippen LogP) is 0.937. The minimum Gasteiger partial charge on any atom is -0.508 e. The van der Waals surface area contributed by atoms with Crippen LogP contribution in [0.1, 0.15) is 10.4 Å². The summed E-state index contributed by atoms with van der Waals surface area (Å²) in [6.07, 6.45) is -4.61. The number of phenols is 1. The SMILES string of the molecule is O=C(COC(=O)c1cccc(O)c1)NC(=O)NCC(F)(F)F. The lowest BCUT2D eigenvalue weighted by Gasteiger charge is -2.09. The molecule has 0 unspecified atom stereocenters. The van der Waals surface area contributed by atoms with Crippen molar-refractivity contribution in [2.45, 2.75) is 6.18 Å². The Bertz CT molecular complexity index is 574. The summed E-state index contributed by atoms with van der Waals surface area (Å²) in [4.78, 5) is 33.6. The van der Waals surface area contributed by atoms with Crippen molar-refractivity contribution in [1.82, 2.24) is 10.6 Å². The van der Waals surface area contributed by atoms with Crippen LogP contribution in [0.15, 0.2) is 24.3 Å². The number of hydrogen-bond acceptors (Lipinski definition) is 5. The van der Waals surface area contributed by atoms with E-state index in [0.717, 1.165) is 6.07 Å². The standard InChI is InChI=1S/C12H11F3N2O5/c13-12(14,15)6-16-11(21)17-9(19)5-22-10(20)7-2-1-3-8(18)4-7/h1-4,18H,5-6H2,(H2,16,17,19,21). The lowest BCUT2D eigenvalue weighted by atomic mass is 10.2. The van der Waals surface area contributed by atoms with Gasteiger partial charge in [0.1, 0.15) is 12.3 Å². The highest BCUT2D eigenvalue weighted by atomic mass is 19.4. The lowest BCUT2D eigenvalue weighted by Crippen LogP contribution is -2.44. The number of esters is 1. The maximum Gasteiger partial charge on any atom is 0.405 e. The van der Waals surface area contributed by atoms with Crippen LogP contribution in [0.2, 0.25) is 0 Å². The number of aromatic hydroxyl groups is 1. The number of halogens is 3. The first kappa shape index (κ1) is 17.3. The van der Waals surface area contributed by atoms with Gasteiger partial charge in [-0.05, 0) is 18.2 Å². The summed E-state index contributed by atoms with van der Waals surface area (Å²) in [6, 6.07) is 3.73. The van der Waals surface area contributed by atoms with Gasteiger partial charge in [-0.25, -0.2) is 9.59 Å². The van der Waals surface area contributed by atoms with E-state index in [2.05, 4.69) is 4.74 Å². The summed E-state index contributed by atoms with van der Waals surface area (Å²) >= 11 is 0. The van der Waals surface area contributed by atoms with Crippen LogP contribution in [0.3, 0.4) is 0 Å². The van der Waals surface area contributed by atoms with Crippen LogP contribution in [0, 0.1) is 0 Å². The molecule has 0 bridgehead atoms. The molecule has 10 heteroatoms. The number of hydrogen-bond donors (Lipinski definition) is 3. The van der Waals surface area contributed by atoms with Crippen LogP contribution in [-0.2, 0) is 9.53 Å². The van der Waals surface area contributed by atoms with Crippen molar-refractivity contribution in [2.24, 2.45) is 0 Å². The number of alkyl halides is 3. The molecule has 0 aromatic heterocycles. The quantitative estimate of drug-likeness (QED) is 0.716. The van der Waals surface area contributed by atoms with Crippen LogP contribution >= 0.6 is 0 Å². The summed E-state index contributed by atoms with van der Waals surface area (Å²) in [5.74, 6) is -2.24. The zero-order valence-corrected chi connectivity index (χ0v) is 10.9. The average molecular weight is 320 g/mol. The number of ether oxygens (including phenoxy) is 1. The van der Waals surface area contributed by atoms with Crippen molar-refractivity contribution in [2.75, 3.05) is 13.2 Å². The normalized spacial score (nSPS) is 10.7. The van der Waals surface area contributed by atoms with E-state index in [9.17, 15) is 27.6 Å². The van der Waals surface area contributed by atoms with Gasteiger partial charge in [0.05, 0.1) is 5.56 Å². The molecule has 1 aromatic carbocycles. The number of urea groups is 1. The maximum atomic E-state index is 11.8. The summed E-state index contributed by atoms with van der Waals surface area (Å²) < 4.78 is 40.0. The Balaban J connectivity index is 2.37. The van der Waals surface area contributed by atoms with E-state index in [-0.39, 0.29) is 11.3 Å². The Kier molecular flexibility index (Phi) is 5.72. The average Bonchev–Trinajstić information content (AvgIpc) is 2.42. The molecule has 0 heterocycles. The van der Waals surface area contributed by atoms with E-state index >= 15 is 0 Å². The maximum absolute atomic E-state index is 11.8. The van der Waals surface area contributed by atoms with Crippen LogP contribution < -0.4 is 10.6 Å². The van der Waals surface area contributed by atoms with Gasteiger partial charge in [-0.1, -0.05) is 6.07 Å². The number of phenolic OH excluding ortho intramolecular Hbond substituents is 1. The predicted molar refractivity (Wildman–Crippen MR) is 66.0 cm³/mol. The monoisotopic (exact) mass is 320 g/mol. The van der Waals surface area contributed by atoms with Gasteiger partial charge in [0, 0.05) is 0 Å². The van der Waals surface area contributed by atoms with Crippen LogP contribution in [0.5, 0.6) is 5.75 Å². The zero-order chi connectivity index (χ0) is 16.8. The number of carbonyl (C=O) groups is 3. The molecule has 22 heavy (non-hydrogen) atoms. The van der Waals surface area contributed by atoms with Gasteiger partial charge in [0.2, 0.25) is 0 Å². The second-order valence-electron chi connectivity index (χ2n) is 3.97. The number of amides is 3. The molecule has 0 radical (unpaired) electrons. The van der Waals surface area contributed by atoms with E-state index in [1.807, 2.05) is 0 Å². The van der Waals surface area contributed by atoms with Gasteiger partial charge in [-0.3, -0.25) is 10.1 Å². The van der Waals surface area contributed by atoms with Gasteiger partial charge in [-0.15, -0.1) is 0 Å². The molecule has 0 saturated heterocycles. The number of rotatable bonds is 4. The van der Waals surface area contributed by atoms with Crippen molar-refractivity contribution >= 4 is 17.9 Å². The smallest absolute Gasteiger partial charge is 0.405 e. The molecule has 3 N–H and O–H groups in total. The minimum absolute atomic E-state index is 0.0330. The highest BCUT2D eigenvalue weighted by Gasteiger charge is 2.28. The van der Waals surface area contributed by atoms with Gasteiger partial charge < -0.3 is 15.2 Å². The molecule has 0 aliphatic rings. The van der Waals surface area contributed by atoms with E-state index in [1.165, 1.54) is 23.5 Å². The number of nitrogens with one attached hydrogen (secondary N) is 2. The van der Waals surface area contributed by atoms with Gasteiger partial charge >= 0.3 is 18.2 Å². The van der Waals surface area contributed by atoms with E-state index in [1.54, 1.807) is 5.32 Å². The first-order chi connectivity index (χ1) is 10.2. The van der Waals surface area contributed by atoms with Crippen molar-refractivity contribution in [1.29, 1.82) is 0 Å². The molecular formula is C12H11F3N2O5. The molecule has 1 aromatic rings. The minimum atomic E-state index is -4.61. The van der Waals surface area contributed by atoms with Crippen molar-refractivity contribution in [3.05, 3.63) is 29.8 Å². The first-order valence-corrected chi connectivity index (χ1v) is 5.78. The fraction of sp³-hybridized carbons (Fsp3) is 0.250. The Morgan fingerprint density at radius 1 is 1.23 bits per heavy atom. The van der Waals surface area contributed by atoms with E-state index in [4.69, 9.17) is 5.11 Å². The summed E-state index contributed by atoms with van der Waals surface area (Å²) in [7, 11) is 0. The van der Waals surface area contributed by atoms with E-state index in [0.29, 0.717) is 0 Å².